The number of carbonyl (C=O) groups is 1. The normalized spacial score (nSPS) is 18.6. The molecule has 7 heteroatoms. The lowest BCUT2D eigenvalue weighted by Gasteiger charge is -2.41. The zero-order valence-electron chi connectivity index (χ0n) is 18.4. The Balaban J connectivity index is 1.26. The Hall–Kier alpha value is -2.70. The van der Waals surface area contributed by atoms with Gasteiger partial charge in [-0.15, -0.1) is 0 Å². The van der Waals surface area contributed by atoms with Gasteiger partial charge in [-0.3, -0.25) is 4.79 Å². The number of halogens is 3. The molecule has 0 spiro atoms. The molecule has 172 valence electrons. The minimum Gasteiger partial charge on any atom is -0.493 e. The summed E-state index contributed by atoms with van der Waals surface area (Å²) in [4.78, 5) is 14.1. The summed E-state index contributed by atoms with van der Waals surface area (Å²) in [6, 6.07) is 15.5. The van der Waals surface area contributed by atoms with Crippen LogP contribution in [0.2, 0.25) is 0 Å². The first-order valence-corrected chi connectivity index (χ1v) is 11.2. The van der Waals surface area contributed by atoms with Gasteiger partial charge in [-0.1, -0.05) is 24.3 Å². The van der Waals surface area contributed by atoms with Crippen molar-refractivity contribution in [1.82, 2.24) is 5.32 Å². The minimum absolute atomic E-state index is 0.407. The average Bonchev–Trinajstić information content (AvgIpc) is 3.56. The Morgan fingerprint density at radius 3 is 2.25 bits per heavy atom. The van der Waals surface area contributed by atoms with Crippen LogP contribution in [-0.2, 0) is 4.79 Å². The highest BCUT2D eigenvalue weighted by molar-refractivity contribution is 5.79. The molecule has 1 heterocycles. The van der Waals surface area contributed by atoms with Crippen LogP contribution >= 0.6 is 0 Å². The number of nitrogens with zero attached hydrogens (tertiary/aromatic N) is 1. The van der Waals surface area contributed by atoms with E-state index >= 15 is 0 Å². The number of benzene rings is 2. The smallest absolute Gasteiger partial charge is 0.400 e. The molecular weight excluding hydrogens is 417 g/mol. The molecule has 4 rings (SSSR count). The average molecular weight is 447 g/mol. The summed E-state index contributed by atoms with van der Waals surface area (Å²) >= 11 is 0. The largest absolute Gasteiger partial charge is 0.493 e. The summed E-state index contributed by atoms with van der Waals surface area (Å²) in [6.45, 7) is 5.21. The van der Waals surface area contributed by atoms with Crippen molar-refractivity contribution in [3.05, 3.63) is 59.7 Å². The lowest BCUT2D eigenvalue weighted by atomic mass is 9.90. The predicted octanol–water partition coefficient (Wildman–Crippen LogP) is 5.45. The van der Waals surface area contributed by atoms with Gasteiger partial charge in [0.05, 0.1) is 12.6 Å². The van der Waals surface area contributed by atoms with E-state index in [1.54, 1.807) is 6.92 Å². The molecule has 2 aromatic rings. The summed E-state index contributed by atoms with van der Waals surface area (Å²) in [7, 11) is 0. The van der Waals surface area contributed by atoms with Crippen molar-refractivity contribution >= 4 is 11.6 Å². The van der Waals surface area contributed by atoms with Crippen molar-refractivity contribution < 1.29 is 22.7 Å². The van der Waals surface area contributed by atoms with E-state index in [1.807, 2.05) is 36.4 Å². The maximum atomic E-state index is 12.7. The topological polar surface area (TPSA) is 41.6 Å². The highest BCUT2D eigenvalue weighted by atomic mass is 19.4. The van der Waals surface area contributed by atoms with Gasteiger partial charge in [0.1, 0.15) is 11.7 Å². The summed E-state index contributed by atoms with van der Waals surface area (Å²) in [6.07, 6.45) is -1.98. The minimum atomic E-state index is -4.53. The second kappa shape index (κ2) is 9.04. The van der Waals surface area contributed by atoms with E-state index in [0.717, 1.165) is 43.9 Å². The molecule has 4 nitrogen and oxygen atoms in total. The number of carbonyl (C=O) groups excluding carboxylic acids is 1. The van der Waals surface area contributed by atoms with E-state index in [9.17, 15) is 18.0 Å². The molecule has 1 N–H and O–H groups in total. The first kappa shape index (κ1) is 22.5. The molecular formula is C25H29F3N2O2. The lowest BCUT2D eigenvalue weighted by molar-refractivity contribution is -0.179. The molecule has 2 aromatic carbocycles. The molecule has 1 unspecified atom stereocenters. The number of alkyl halides is 3. The fourth-order valence-corrected chi connectivity index (χ4v) is 3.78. The van der Waals surface area contributed by atoms with Gasteiger partial charge in [0.2, 0.25) is 5.91 Å². The molecule has 32 heavy (non-hydrogen) atoms. The van der Waals surface area contributed by atoms with Crippen LogP contribution in [0, 0.1) is 11.8 Å². The number of ether oxygens (including phenoxy) is 1. The van der Waals surface area contributed by atoms with Gasteiger partial charge in [0, 0.05) is 24.7 Å². The Labute approximate surface area is 186 Å². The molecule has 1 saturated heterocycles. The van der Waals surface area contributed by atoms with E-state index in [1.165, 1.54) is 24.1 Å². The standard InChI is InChI=1S/C25H29F3N2O2/c1-16(25(26,27)28)24(31)29-17(2)19-5-7-20(8-6-19)21-13-30(14-21)22-9-11-23(12-10-22)32-15-18-3-4-18/h5-12,16-18,21H,3-4,13-15H2,1-2H3,(H,29,31)/t16?,17-/m0/s1. The number of amides is 1. The summed E-state index contributed by atoms with van der Waals surface area (Å²) in [5.41, 5.74) is 3.15. The Kier molecular flexibility index (Phi) is 6.35. The van der Waals surface area contributed by atoms with Gasteiger partial charge in [0.25, 0.3) is 0 Å². The second-order valence-corrected chi connectivity index (χ2v) is 9.01. The van der Waals surface area contributed by atoms with Crippen molar-refractivity contribution in [2.75, 3.05) is 24.6 Å². The second-order valence-electron chi connectivity index (χ2n) is 9.01. The quantitative estimate of drug-likeness (QED) is 0.586. The molecule has 2 atom stereocenters. The number of hydrogen-bond acceptors (Lipinski definition) is 3. The molecule has 0 radical (unpaired) electrons. The van der Waals surface area contributed by atoms with Gasteiger partial charge in [-0.25, -0.2) is 0 Å². The van der Waals surface area contributed by atoms with Crippen molar-refractivity contribution in [3.8, 4) is 5.75 Å². The predicted molar refractivity (Wildman–Crippen MR) is 118 cm³/mol. The molecule has 0 bridgehead atoms. The van der Waals surface area contributed by atoms with Crippen LogP contribution in [0.15, 0.2) is 48.5 Å². The van der Waals surface area contributed by atoms with Crippen molar-refractivity contribution in [3.63, 3.8) is 0 Å². The third-order valence-electron chi connectivity index (χ3n) is 6.42. The van der Waals surface area contributed by atoms with Crippen LogP contribution in [0.1, 0.15) is 49.8 Å². The fraction of sp³-hybridized carbons (Fsp3) is 0.480. The van der Waals surface area contributed by atoms with Crippen LogP contribution in [0.5, 0.6) is 5.75 Å². The molecule has 1 saturated carbocycles. The third-order valence-corrected chi connectivity index (χ3v) is 6.42. The SMILES string of the molecule is CC(C(=O)N[C@@H](C)c1ccc(C2CN(c3ccc(OCC4CC4)cc3)C2)cc1)C(F)(F)F. The van der Waals surface area contributed by atoms with E-state index in [-0.39, 0.29) is 0 Å². The van der Waals surface area contributed by atoms with Gasteiger partial charge in [-0.2, -0.15) is 13.2 Å². The zero-order valence-corrected chi connectivity index (χ0v) is 18.4. The van der Waals surface area contributed by atoms with Crippen LogP contribution < -0.4 is 15.0 Å². The number of hydrogen-bond donors (Lipinski definition) is 1. The maximum absolute atomic E-state index is 12.7. The first-order valence-electron chi connectivity index (χ1n) is 11.2. The number of nitrogens with one attached hydrogen (secondary N) is 1. The van der Waals surface area contributed by atoms with Gasteiger partial charge < -0.3 is 15.0 Å². The highest BCUT2D eigenvalue weighted by Gasteiger charge is 2.41. The summed E-state index contributed by atoms with van der Waals surface area (Å²) in [5.74, 6) is -0.972. The van der Waals surface area contributed by atoms with Crippen LogP contribution in [0.25, 0.3) is 0 Å². The van der Waals surface area contributed by atoms with Crippen molar-refractivity contribution in [2.24, 2.45) is 11.8 Å². The first-order chi connectivity index (χ1) is 15.2. The Morgan fingerprint density at radius 1 is 1.06 bits per heavy atom. The molecule has 2 fully saturated rings. The van der Waals surface area contributed by atoms with E-state index in [4.69, 9.17) is 4.74 Å². The van der Waals surface area contributed by atoms with Crippen LogP contribution in [-0.4, -0.2) is 31.8 Å². The molecule has 1 aliphatic heterocycles. The summed E-state index contributed by atoms with van der Waals surface area (Å²) in [5, 5.41) is 2.45. The van der Waals surface area contributed by atoms with E-state index in [0.29, 0.717) is 5.92 Å². The third kappa shape index (κ3) is 5.37. The lowest BCUT2D eigenvalue weighted by Crippen LogP contribution is -2.45. The monoisotopic (exact) mass is 446 g/mol. The van der Waals surface area contributed by atoms with Crippen molar-refractivity contribution in [1.29, 1.82) is 0 Å². The summed E-state index contributed by atoms with van der Waals surface area (Å²) < 4.78 is 43.9. The van der Waals surface area contributed by atoms with E-state index in [2.05, 4.69) is 22.3 Å². The van der Waals surface area contributed by atoms with Gasteiger partial charge >= 0.3 is 6.18 Å². The van der Waals surface area contributed by atoms with Gasteiger partial charge in [0.15, 0.2) is 0 Å². The number of anilines is 1. The fourth-order valence-electron chi connectivity index (χ4n) is 3.78. The van der Waals surface area contributed by atoms with Crippen molar-refractivity contribution in [2.45, 2.75) is 44.8 Å². The maximum Gasteiger partial charge on any atom is 0.400 e. The molecule has 1 amide bonds. The Morgan fingerprint density at radius 2 is 1.69 bits per heavy atom. The van der Waals surface area contributed by atoms with E-state index < -0.39 is 24.0 Å². The number of rotatable bonds is 8. The highest BCUT2D eigenvalue weighted by Crippen LogP contribution is 2.34. The zero-order chi connectivity index (χ0) is 22.9. The molecule has 2 aliphatic rings. The van der Waals surface area contributed by atoms with Gasteiger partial charge in [-0.05, 0) is 68.0 Å². The molecule has 0 aromatic heterocycles. The van der Waals surface area contributed by atoms with Crippen LogP contribution in [0.3, 0.4) is 0 Å². The van der Waals surface area contributed by atoms with Crippen LogP contribution in [0.4, 0.5) is 18.9 Å². The Bertz CT molecular complexity index is 918. The molecule has 1 aliphatic carbocycles.